The number of H-pyrrole nitrogens is 1. The van der Waals surface area contributed by atoms with Crippen LogP contribution in [0.5, 0.6) is 0 Å². The molecule has 4 heteroatoms. The molecule has 2 aromatic carbocycles. The number of benzene rings is 2. The van der Waals surface area contributed by atoms with E-state index in [1.807, 2.05) is 12.1 Å². The van der Waals surface area contributed by atoms with Gasteiger partial charge in [0.2, 0.25) is 0 Å². The molecule has 0 aliphatic heterocycles. The van der Waals surface area contributed by atoms with Crippen molar-refractivity contribution in [1.29, 1.82) is 0 Å². The molecule has 0 saturated carbocycles. The molecule has 3 aromatic rings. The van der Waals surface area contributed by atoms with Crippen LogP contribution in [-0.4, -0.2) is 17.6 Å². The lowest BCUT2D eigenvalue weighted by atomic mass is 9.98. The fourth-order valence-corrected chi connectivity index (χ4v) is 3.45. The lowest BCUT2D eigenvalue weighted by Gasteiger charge is -2.15. The number of fused-ring (bicyclic) bond motifs is 1. The van der Waals surface area contributed by atoms with Gasteiger partial charge >= 0.3 is 0 Å². The Hall–Kier alpha value is -2.07. The van der Waals surface area contributed by atoms with Gasteiger partial charge in [0.15, 0.2) is 0 Å². The van der Waals surface area contributed by atoms with Crippen molar-refractivity contribution in [3.05, 3.63) is 69.8 Å². The van der Waals surface area contributed by atoms with Gasteiger partial charge in [0.1, 0.15) is 6.10 Å². The molecule has 1 aromatic heterocycles. The number of ether oxygens (including phenoxy) is 1. The summed E-state index contributed by atoms with van der Waals surface area (Å²) in [5.41, 5.74) is 4.65. The molecule has 0 fully saturated rings. The Morgan fingerprint density at radius 1 is 1.08 bits per heavy atom. The van der Waals surface area contributed by atoms with Gasteiger partial charge in [-0.05, 0) is 41.3 Å². The van der Waals surface area contributed by atoms with Gasteiger partial charge < -0.3 is 9.72 Å². The molecule has 0 bridgehead atoms. The normalized spacial score (nSPS) is 12.5. The van der Waals surface area contributed by atoms with Crippen LogP contribution in [0.2, 0.25) is 0 Å². The highest BCUT2D eigenvalue weighted by atomic mass is 79.9. The van der Waals surface area contributed by atoms with E-state index in [-0.39, 0.29) is 6.10 Å². The molecule has 3 rings (SSSR count). The molecule has 1 unspecified atom stereocenters. The zero-order valence-electron chi connectivity index (χ0n) is 14.5. The molecule has 0 spiro atoms. The average molecular weight is 400 g/mol. The first kappa shape index (κ1) is 17.7. The third-order valence-electron chi connectivity index (χ3n) is 4.44. The van der Waals surface area contributed by atoms with Crippen molar-refractivity contribution in [2.24, 2.45) is 0 Å². The minimum atomic E-state index is -0.182. The van der Waals surface area contributed by atoms with E-state index >= 15 is 0 Å². The third-order valence-corrected chi connectivity index (χ3v) is 4.94. The molecule has 3 nitrogen and oxygen atoms in total. The number of hydrogen-bond acceptors (Lipinski definition) is 2. The number of aromatic nitrogens is 1. The van der Waals surface area contributed by atoms with Gasteiger partial charge in [-0.1, -0.05) is 54.0 Å². The molecule has 1 heterocycles. The number of halogens is 1. The third kappa shape index (κ3) is 4.51. The Morgan fingerprint density at radius 3 is 2.52 bits per heavy atom. The standard InChI is InChI=1S/C21H22BrNO2/c1-14(2)16-5-3-15(4-6-16)9-20(25-13-24)12-19-11-17-10-18(22)7-8-21(17)23-19/h3-8,10-11,13-14,20,23H,9,12H2,1-2H3. The topological polar surface area (TPSA) is 42.1 Å². The van der Waals surface area contributed by atoms with Crippen LogP contribution in [-0.2, 0) is 22.4 Å². The van der Waals surface area contributed by atoms with Gasteiger partial charge in [-0.25, -0.2) is 0 Å². The first-order chi connectivity index (χ1) is 12.0. The van der Waals surface area contributed by atoms with Crippen LogP contribution in [0.15, 0.2) is 53.0 Å². The van der Waals surface area contributed by atoms with Crippen LogP contribution in [0.25, 0.3) is 10.9 Å². The number of aromatic amines is 1. The lowest BCUT2D eigenvalue weighted by molar-refractivity contribution is -0.133. The first-order valence-corrected chi connectivity index (χ1v) is 9.29. The van der Waals surface area contributed by atoms with Crippen LogP contribution >= 0.6 is 15.9 Å². The Balaban J connectivity index is 1.74. The van der Waals surface area contributed by atoms with Crippen LogP contribution in [0.4, 0.5) is 0 Å². The highest BCUT2D eigenvalue weighted by Gasteiger charge is 2.14. The number of hydrogen-bond donors (Lipinski definition) is 1. The fourth-order valence-electron chi connectivity index (χ4n) is 3.07. The highest BCUT2D eigenvalue weighted by Crippen LogP contribution is 2.22. The first-order valence-electron chi connectivity index (χ1n) is 8.50. The van der Waals surface area contributed by atoms with E-state index in [1.165, 1.54) is 11.1 Å². The second-order valence-corrected chi connectivity index (χ2v) is 7.60. The second kappa shape index (κ2) is 7.87. The maximum atomic E-state index is 10.9. The van der Waals surface area contributed by atoms with E-state index in [9.17, 15) is 4.79 Å². The molecular formula is C21H22BrNO2. The van der Waals surface area contributed by atoms with Gasteiger partial charge in [-0.15, -0.1) is 0 Å². The van der Waals surface area contributed by atoms with Crippen LogP contribution < -0.4 is 0 Å². The van der Waals surface area contributed by atoms with Crippen LogP contribution in [0, 0.1) is 0 Å². The van der Waals surface area contributed by atoms with Crippen molar-refractivity contribution in [3.8, 4) is 0 Å². The molecule has 0 aliphatic rings. The average Bonchev–Trinajstić information content (AvgIpc) is 2.96. The molecule has 0 amide bonds. The summed E-state index contributed by atoms with van der Waals surface area (Å²) in [6, 6.07) is 16.8. The molecule has 0 aliphatic carbocycles. The van der Waals surface area contributed by atoms with Gasteiger partial charge in [0, 0.05) is 33.9 Å². The number of carbonyl (C=O) groups is 1. The Morgan fingerprint density at radius 2 is 1.84 bits per heavy atom. The van der Waals surface area contributed by atoms with Crippen molar-refractivity contribution in [3.63, 3.8) is 0 Å². The van der Waals surface area contributed by atoms with Gasteiger partial charge in [-0.2, -0.15) is 0 Å². The predicted molar refractivity (Wildman–Crippen MR) is 105 cm³/mol. The van der Waals surface area contributed by atoms with E-state index in [0.717, 1.165) is 21.1 Å². The molecule has 25 heavy (non-hydrogen) atoms. The molecule has 130 valence electrons. The van der Waals surface area contributed by atoms with Crippen molar-refractivity contribution < 1.29 is 9.53 Å². The minimum Gasteiger partial charge on any atom is -0.464 e. The van der Waals surface area contributed by atoms with E-state index < -0.39 is 0 Å². The van der Waals surface area contributed by atoms with E-state index in [1.54, 1.807) is 0 Å². The minimum absolute atomic E-state index is 0.182. The predicted octanol–water partition coefficient (Wildman–Crippen LogP) is 5.38. The summed E-state index contributed by atoms with van der Waals surface area (Å²) in [7, 11) is 0. The van der Waals surface area contributed by atoms with E-state index in [2.05, 4.69) is 71.2 Å². The molecule has 0 saturated heterocycles. The molecule has 1 N–H and O–H groups in total. The summed E-state index contributed by atoms with van der Waals surface area (Å²) in [4.78, 5) is 14.3. The van der Waals surface area contributed by atoms with Crippen molar-refractivity contribution >= 4 is 33.3 Å². The highest BCUT2D eigenvalue weighted by molar-refractivity contribution is 9.10. The summed E-state index contributed by atoms with van der Waals surface area (Å²) in [6.45, 7) is 4.91. The lowest BCUT2D eigenvalue weighted by Crippen LogP contribution is -2.18. The summed E-state index contributed by atoms with van der Waals surface area (Å²) >= 11 is 3.49. The summed E-state index contributed by atoms with van der Waals surface area (Å²) in [6.07, 6.45) is 1.19. The summed E-state index contributed by atoms with van der Waals surface area (Å²) in [5, 5.41) is 1.15. The Kier molecular flexibility index (Phi) is 5.59. The number of nitrogens with one attached hydrogen (secondary N) is 1. The van der Waals surface area contributed by atoms with Gasteiger partial charge in [0.05, 0.1) is 0 Å². The van der Waals surface area contributed by atoms with Gasteiger partial charge in [0.25, 0.3) is 6.47 Å². The van der Waals surface area contributed by atoms with Crippen molar-refractivity contribution in [1.82, 2.24) is 4.98 Å². The van der Waals surface area contributed by atoms with E-state index in [4.69, 9.17) is 4.74 Å². The SMILES string of the molecule is CC(C)c1ccc(CC(Cc2cc3cc(Br)ccc3[nH]2)OC=O)cc1. The molecule has 1 atom stereocenters. The maximum absolute atomic E-state index is 10.9. The number of carbonyl (C=O) groups excluding carboxylic acids is 1. The number of rotatable bonds is 7. The smallest absolute Gasteiger partial charge is 0.293 e. The zero-order valence-corrected chi connectivity index (χ0v) is 16.0. The monoisotopic (exact) mass is 399 g/mol. The van der Waals surface area contributed by atoms with Crippen LogP contribution in [0.3, 0.4) is 0 Å². The van der Waals surface area contributed by atoms with Crippen LogP contribution in [0.1, 0.15) is 36.6 Å². The van der Waals surface area contributed by atoms with E-state index in [0.29, 0.717) is 25.2 Å². The largest absolute Gasteiger partial charge is 0.464 e. The fraction of sp³-hybridized carbons (Fsp3) is 0.286. The maximum Gasteiger partial charge on any atom is 0.293 e. The summed E-state index contributed by atoms with van der Waals surface area (Å²) < 4.78 is 6.39. The Labute approximate surface area is 156 Å². The Bertz CT molecular complexity index is 852. The quantitative estimate of drug-likeness (QED) is 0.541. The second-order valence-electron chi connectivity index (χ2n) is 6.68. The van der Waals surface area contributed by atoms with Crippen molar-refractivity contribution in [2.45, 2.75) is 38.7 Å². The molecule has 0 radical (unpaired) electrons. The summed E-state index contributed by atoms with van der Waals surface area (Å²) in [5.74, 6) is 0.516. The zero-order chi connectivity index (χ0) is 17.8. The van der Waals surface area contributed by atoms with Crippen molar-refractivity contribution in [2.75, 3.05) is 0 Å². The van der Waals surface area contributed by atoms with Gasteiger partial charge in [-0.3, -0.25) is 4.79 Å². The molecular weight excluding hydrogens is 378 g/mol.